The fourth-order valence-electron chi connectivity index (χ4n) is 2.96. The second-order valence-corrected chi connectivity index (χ2v) is 10.1. The SMILES string of the molecule is CC(C)(C)c1nc2ccc(S(=O)(=O)N3CCc4ccncc43)cc2s1. The molecule has 0 saturated heterocycles. The summed E-state index contributed by atoms with van der Waals surface area (Å²) >= 11 is 1.56. The molecule has 1 aliphatic rings. The van der Waals surface area contributed by atoms with Crippen LogP contribution >= 0.6 is 11.3 Å². The fraction of sp³-hybridized carbons (Fsp3) is 0.333. The van der Waals surface area contributed by atoms with Crippen molar-refractivity contribution in [2.45, 2.75) is 37.5 Å². The molecule has 4 rings (SSSR count). The zero-order chi connectivity index (χ0) is 17.8. The molecular formula is C18H19N3O2S2. The molecule has 3 heterocycles. The topological polar surface area (TPSA) is 63.2 Å². The Hall–Kier alpha value is -1.99. The summed E-state index contributed by atoms with van der Waals surface area (Å²) in [6, 6.07) is 7.07. The Morgan fingerprint density at radius 1 is 1.20 bits per heavy atom. The van der Waals surface area contributed by atoms with Gasteiger partial charge < -0.3 is 0 Å². The van der Waals surface area contributed by atoms with Crippen molar-refractivity contribution in [1.29, 1.82) is 0 Å². The van der Waals surface area contributed by atoms with Gasteiger partial charge in [-0.15, -0.1) is 11.3 Å². The van der Waals surface area contributed by atoms with Gasteiger partial charge in [0, 0.05) is 18.2 Å². The van der Waals surface area contributed by atoms with Gasteiger partial charge in [0.15, 0.2) is 0 Å². The van der Waals surface area contributed by atoms with Crippen molar-refractivity contribution in [2.24, 2.45) is 0 Å². The van der Waals surface area contributed by atoms with E-state index in [4.69, 9.17) is 0 Å². The van der Waals surface area contributed by atoms with Crippen molar-refractivity contribution in [2.75, 3.05) is 10.8 Å². The molecule has 130 valence electrons. The van der Waals surface area contributed by atoms with Crippen LogP contribution in [0.4, 0.5) is 5.69 Å². The van der Waals surface area contributed by atoms with Gasteiger partial charge in [-0.3, -0.25) is 9.29 Å². The summed E-state index contributed by atoms with van der Waals surface area (Å²) in [6.45, 7) is 6.78. The van der Waals surface area contributed by atoms with Crippen LogP contribution in [-0.4, -0.2) is 24.9 Å². The Bertz CT molecular complexity index is 1070. The van der Waals surface area contributed by atoms with Crippen LogP contribution in [0.15, 0.2) is 41.6 Å². The number of anilines is 1. The molecule has 0 unspecified atom stereocenters. The van der Waals surface area contributed by atoms with Crippen LogP contribution < -0.4 is 4.31 Å². The lowest BCUT2D eigenvalue weighted by Crippen LogP contribution is -2.29. The van der Waals surface area contributed by atoms with Gasteiger partial charge in [-0.25, -0.2) is 13.4 Å². The number of hydrogen-bond donors (Lipinski definition) is 0. The van der Waals surface area contributed by atoms with Crippen molar-refractivity contribution < 1.29 is 8.42 Å². The van der Waals surface area contributed by atoms with Crippen LogP contribution in [0.3, 0.4) is 0 Å². The quantitative estimate of drug-likeness (QED) is 0.686. The molecule has 0 amide bonds. The average Bonchev–Trinajstić information content (AvgIpc) is 3.18. The van der Waals surface area contributed by atoms with Gasteiger partial charge >= 0.3 is 0 Å². The molecule has 0 saturated carbocycles. The van der Waals surface area contributed by atoms with Crippen molar-refractivity contribution in [3.05, 3.63) is 47.2 Å². The van der Waals surface area contributed by atoms with E-state index in [0.29, 0.717) is 23.5 Å². The summed E-state index contributed by atoms with van der Waals surface area (Å²) in [6.07, 6.45) is 4.04. The molecule has 0 fully saturated rings. The van der Waals surface area contributed by atoms with Crippen LogP contribution in [0.5, 0.6) is 0 Å². The fourth-order valence-corrected chi connectivity index (χ4v) is 5.61. The third-order valence-corrected chi connectivity index (χ3v) is 7.58. The highest BCUT2D eigenvalue weighted by atomic mass is 32.2. The molecule has 7 heteroatoms. The third kappa shape index (κ3) is 2.71. The molecule has 25 heavy (non-hydrogen) atoms. The summed E-state index contributed by atoms with van der Waals surface area (Å²) in [5.41, 5.74) is 2.49. The zero-order valence-electron chi connectivity index (χ0n) is 14.4. The highest BCUT2D eigenvalue weighted by Crippen LogP contribution is 2.35. The Labute approximate surface area is 151 Å². The average molecular weight is 374 g/mol. The first-order valence-corrected chi connectivity index (χ1v) is 10.4. The standard InChI is InChI=1S/C18H19N3O2S2/c1-18(2,3)17-20-14-5-4-13(10-16(14)24-17)25(22,23)21-9-7-12-6-8-19-11-15(12)21/h4-6,8,10-11H,7,9H2,1-3H3. The number of aromatic nitrogens is 2. The molecule has 3 aromatic rings. The first-order chi connectivity index (χ1) is 11.8. The summed E-state index contributed by atoms with van der Waals surface area (Å²) in [5.74, 6) is 0. The minimum absolute atomic E-state index is 0.0533. The maximum Gasteiger partial charge on any atom is 0.264 e. The number of hydrogen-bond acceptors (Lipinski definition) is 5. The van der Waals surface area contributed by atoms with E-state index in [1.165, 1.54) is 4.31 Å². The number of rotatable bonds is 2. The minimum atomic E-state index is -3.60. The lowest BCUT2D eigenvalue weighted by Gasteiger charge is -2.19. The van der Waals surface area contributed by atoms with E-state index in [-0.39, 0.29) is 5.41 Å². The van der Waals surface area contributed by atoms with Crippen LogP contribution in [0.1, 0.15) is 31.3 Å². The monoisotopic (exact) mass is 373 g/mol. The first-order valence-electron chi connectivity index (χ1n) is 8.13. The van der Waals surface area contributed by atoms with E-state index in [0.717, 1.165) is 20.8 Å². The van der Waals surface area contributed by atoms with E-state index in [9.17, 15) is 8.42 Å². The molecule has 0 spiro atoms. The summed E-state index contributed by atoms with van der Waals surface area (Å²) in [5, 5.41) is 1.01. The molecular weight excluding hydrogens is 354 g/mol. The lowest BCUT2D eigenvalue weighted by molar-refractivity contribution is 0.587. The van der Waals surface area contributed by atoms with Gasteiger partial charge in [-0.05, 0) is 36.2 Å². The molecule has 0 atom stereocenters. The van der Waals surface area contributed by atoms with E-state index in [1.54, 1.807) is 41.9 Å². The smallest absolute Gasteiger partial charge is 0.264 e. The normalized spacial score (nSPS) is 14.9. The zero-order valence-corrected chi connectivity index (χ0v) is 16.0. The highest BCUT2D eigenvalue weighted by Gasteiger charge is 2.31. The summed E-state index contributed by atoms with van der Waals surface area (Å²) in [7, 11) is -3.60. The molecule has 0 radical (unpaired) electrons. The van der Waals surface area contributed by atoms with Crippen molar-refractivity contribution in [1.82, 2.24) is 9.97 Å². The van der Waals surface area contributed by atoms with Gasteiger partial charge in [0.1, 0.15) is 0 Å². The van der Waals surface area contributed by atoms with Crippen LogP contribution in [0, 0.1) is 0 Å². The van der Waals surface area contributed by atoms with E-state index in [1.807, 2.05) is 6.07 Å². The molecule has 0 aliphatic carbocycles. The van der Waals surface area contributed by atoms with Crippen LogP contribution in [0.2, 0.25) is 0 Å². The Kier molecular flexibility index (Phi) is 3.63. The van der Waals surface area contributed by atoms with E-state index >= 15 is 0 Å². The Morgan fingerprint density at radius 2 is 2.00 bits per heavy atom. The first kappa shape index (κ1) is 16.5. The lowest BCUT2D eigenvalue weighted by atomic mass is 9.98. The number of thiazole rings is 1. The van der Waals surface area contributed by atoms with Crippen LogP contribution in [0.25, 0.3) is 10.2 Å². The molecule has 5 nitrogen and oxygen atoms in total. The van der Waals surface area contributed by atoms with E-state index in [2.05, 4.69) is 30.7 Å². The Balaban J connectivity index is 1.79. The maximum atomic E-state index is 13.1. The number of sulfonamides is 1. The number of fused-ring (bicyclic) bond motifs is 2. The van der Waals surface area contributed by atoms with Crippen molar-refractivity contribution in [3.63, 3.8) is 0 Å². The molecule has 1 aliphatic heterocycles. The molecule has 0 bridgehead atoms. The number of nitrogens with zero attached hydrogens (tertiary/aromatic N) is 3. The Morgan fingerprint density at radius 3 is 2.76 bits per heavy atom. The molecule has 2 aromatic heterocycles. The minimum Gasteiger partial charge on any atom is -0.264 e. The largest absolute Gasteiger partial charge is 0.264 e. The predicted octanol–water partition coefficient (Wildman–Crippen LogP) is 3.74. The number of pyridine rings is 1. The van der Waals surface area contributed by atoms with E-state index < -0.39 is 10.0 Å². The van der Waals surface area contributed by atoms with Gasteiger partial charge in [0.05, 0.1) is 32.0 Å². The van der Waals surface area contributed by atoms with Gasteiger partial charge in [0.2, 0.25) is 0 Å². The van der Waals surface area contributed by atoms with Crippen LogP contribution in [-0.2, 0) is 21.9 Å². The summed E-state index contributed by atoms with van der Waals surface area (Å²) < 4.78 is 28.6. The van der Waals surface area contributed by atoms with Gasteiger partial charge in [-0.2, -0.15) is 0 Å². The van der Waals surface area contributed by atoms with Gasteiger partial charge in [-0.1, -0.05) is 20.8 Å². The molecule has 1 aromatic carbocycles. The highest BCUT2D eigenvalue weighted by molar-refractivity contribution is 7.92. The number of benzene rings is 1. The predicted molar refractivity (Wildman–Crippen MR) is 101 cm³/mol. The maximum absolute atomic E-state index is 13.1. The summed E-state index contributed by atoms with van der Waals surface area (Å²) in [4.78, 5) is 9.03. The third-order valence-electron chi connectivity index (χ3n) is 4.33. The van der Waals surface area contributed by atoms with Crippen molar-refractivity contribution >= 4 is 37.3 Å². The second-order valence-electron chi connectivity index (χ2n) is 7.23. The van der Waals surface area contributed by atoms with Crippen molar-refractivity contribution in [3.8, 4) is 0 Å². The second kappa shape index (κ2) is 5.51. The van der Waals surface area contributed by atoms with Gasteiger partial charge in [0.25, 0.3) is 10.0 Å². The molecule has 0 N–H and O–H groups in total.